The van der Waals surface area contributed by atoms with Crippen LogP contribution < -0.4 is 10.6 Å². The lowest BCUT2D eigenvalue weighted by Crippen LogP contribution is -2.42. The van der Waals surface area contributed by atoms with Crippen LogP contribution in [0.15, 0.2) is 42.5 Å². The molecule has 4 rings (SSSR count). The number of imide groups is 1. The number of carbonyl (C=O) groups excluding carboxylic acids is 3. The van der Waals surface area contributed by atoms with Crippen molar-refractivity contribution in [3.63, 3.8) is 0 Å². The van der Waals surface area contributed by atoms with E-state index in [1.54, 1.807) is 6.92 Å². The molecule has 0 aliphatic carbocycles. The number of hydrogen-bond acceptors (Lipinski definition) is 6. The van der Waals surface area contributed by atoms with Gasteiger partial charge in [-0.05, 0) is 29.3 Å². The molecule has 30 heavy (non-hydrogen) atoms. The zero-order chi connectivity index (χ0) is 21.5. The molecule has 2 N–H and O–H groups in total. The average Bonchev–Trinajstić information content (AvgIpc) is 3.27. The fraction of sp³-hybridized carbons (Fsp3) is 0.286. The average molecular weight is 423 g/mol. The summed E-state index contributed by atoms with van der Waals surface area (Å²) in [6.07, 6.45) is 0. The van der Waals surface area contributed by atoms with Crippen molar-refractivity contribution in [3.05, 3.63) is 53.0 Å². The molecule has 154 valence electrons. The summed E-state index contributed by atoms with van der Waals surface area (Å²) in [6.45, 7) is 5.21. The third-order valence-corrected chi connectivity index (χ3v) is 6.22. The number of carbonyl (C=O) groups is 3. The monoisotopic (exact) mass is 423 g/mol. The molecule has 1 aliphatic heterocycles. The van der Waals surface area contributed by atoms with Gasteiger partial charge in [-0.3, -0.25) is 19.8 Å². The first kappa shape index (κ1) is 20.0. The number of amides is 4. The van der Waals surface area contributed by atoms with Crippen LogP contribution in [-0.2, 0) is 15.1 Å². The van der Waals surface area contributed by atoms with E-state index in [0.717, 1.165) is 20.7 Å². The third-order valence-electron chi connectivity index (χ3n) is 5.08. The zero-order valence-electron chi connectivity index (χ0n) is 16.8. The molecule has 0 unspecified atom stereocenters. The maximum absolute atomic E-state index is 13.1. The van der Waals surface area contributed by atoms with Crippen LogP contribution in [0.4, 0.5) is 9.93 Å². The SMILES string of the molecule is CC(C)c1nnc(NC(=O)CN2C(=O)N[C@](C)(c3ccc4ccccc4c3)C2=O)s1. The molecule has 8 nitrogen and oxygen atoms in total. The number of nitrogens with zero attached hydrogens (tertiary/aromatic N) is 3. The molecule has 1 fully saturated rings. The maximum atomic E-state index is 13.1. The minimum atomic E-state index is -1.24. The van der Waals surface area contributed by atoms with Gasteiger partial charge in [0.15, 0.2) is 0 Å². The van der Waals surface area contributed by atoms with E-state index in [2.05, 4.69) is 20.8 Å². The minimum Gasteiger partial charge on any atom is -0.319 e. The summed E-state index contributed by atoms with van der Waals surface area (Å²) in [6, 6.07) is 12.8. The molecule has 1 saturated heterocycles. The molecule has 4 amide bonds. The van der Waals surface area contributed by atoms with E-state index in [-0.39, 0.29) is 5.92 Å². The highest BCUT2D eigenvalue weighted by Crippen LogP contribution is 2.31. The fourth-order valence-electron chi connectivity index (χ4n) is 3.36. The van der Waals surface area contributed by atoms with Crippen LogP contribution in [0.3, 0.4) is 0 Å². The Bertz CT molecular complexity index is 1160. The number of anilines is 1. The van der Waals surface area contributed by atoms with Gasteiger partial charge in [-0.25, -0.2) is 4.79 Å². The largest absolute Gasteiger partial charge is 0.325 e. The van der Waals surface area contributed by atoms with Crippen LogP contribution in [-0.4, -0.2) is 39.5 Å². The van der Waals surface area contributed by atoms with E-state index in [9.17, 15) is 14.4 Å². The number of rotatable bonds is 5. The smallest absolute Gasteiger partial charge is 0.319 e. The molecule has 0 bridgehead atoms. The van der Waals surface area contributed by atoms with Crippen LogP contribution in [0.2, 0.25) is 0 Å². The first-order valence-electron chi connectivity index (χ1n) is 9.54. The van der Waals surface area contributed by atoms with Crippen LogP contribution in [0, 0.1) is 0 Å². The van der Waals surface area contributed by atoms with E-state index >= 15 is 0 Å². The van der Waals surface area contributed by atoms with Crippen molar-refractivity contribution >= 4 is 45.1 Å². The van der Waals surface area contributed by atoms with Gasteiger partial charge in [-0.1, -0.05) is 61.6 Å². The van der Waals surface area contributed by atoms with Gasteiger partial charge in [0.2, 0.25) is 11.0 Å². The fourth-order valence-corrected chi connectivity index (χ4v) is 4.12. The second kappa shape index (κ2) is 7.49. The third kappa shape index (κ3) is 3.52. The second-order valence-corrected chi connectivity index (χ2v) is 8.67. The van der Waals surface area contributed by atoms with Crippen LogP contribution in [0.5, 0.6) is 0 Å². The number of hydrogen-bond donors (Lipinski definition) is 2. The topological polar surface area (TPSA) is 104 Å². The Kier molecular flexibility index (Phi) is 4.98. The highest BCUT2D eigenvalue weighted by atomic mass is 32.1. The normalized spacial score (nSPS) is 18.9. The van der Waals surface area contributed by atoms with E-state index < -0.39 is 29.9 Å². The summed E-state index contributed by atoms with van der Waals surface area (Å²) in [5.41, 5.74) is -0.581. The van der Waals surface area contributed by atoms with Crippen molar-refractivity contribution in [1.29, 1.82) is 0 Å². The van der Waals surface area contributed by atoms with E-state index in [1.807, 2.05) is 56.3 Å². The summed E-state index contributed by atoms with van der Waals surface area (Å²) >= 11 is 1.27. The molecular weight excluding hydrogens is 402 g/mol. The van der Waals surface area contributed by atoms with Crippen molar-refractivity contribution in [1.82, 2.24) is 20.4 Å². The summed E-state index contributed by atoms with van der Waals surface area (Å²) in [5, 5.41) is 16.4. The highest BCUT2D eigenvalue weighted by Gasteiger charge is 2.49. The van der Waals surface area contributed by atoms with Crippen molar-refractivity contribution < 1.29 is 14.4 Å². The quantitative estimate of drug-likeness (QED) is 0.613. The Morgan fingerprint density at radius 2 is 1.90 bits per heavy atom. The molecule has 1 aliphatic rings. The van der Waals surface area contributed by atoms with Gasteiger partial charge < -0.3 is 5.32 Å². The number of urea groups is 1. The molecular formula is C21H21N5O3S. The Morgan fingerprint density at radius 1 is 1.17 bits per heavy atom. The first-order valence-corrected chi connectivity index (χ1v) is 10.4. The van der Waals surface area contributed by atoms with E-state index in [4.69, 9.17) is 0 Å². The standard InChI is InChI=1S/C21H21N5O3S/c1-12(2)17-24-25-19(30-17)22-16(27)11-26-18(28)21(3,23-20(26)29)15-9-8-13-6-4-5-7-14(13)10-15/h4-10,12H,11H2,1-3H3,(H,23,29)(H,22,25,27)/t21-/m1/s1. The van der Waals surface area contributed by atoms with E-state index in [1.165, 1.54) is 11.3 Å². The summed E-state index contributed by atoms with van der Waals surface area (Å²) in [5.74, 6) is -0.785. The predicted molar refractivity (Wildman–Crippen MR) is 114 cm³/mol. The number of aromatic nitrogens is 2. The molecule has 3 aromatic rings. The van der Waals surface area contributed by atoms with Gasteiger partial charge in [0, 0.05) is 5.92 Å². The molecule has 1 atom stereocenters. The van der Waals surface area contributed by atoms with Crippen molar-refractivity contribution in [2.75, 3.05) is 11.9 Å². The van der Waals surface area contributed by atoms with Gasteiger partial charge >= 0.3 is 6.03 Å². The Labute approximate surface area is 177 Å². The van der Waals surface area contributed by atoms with Gasteiger partial charge in [-0.2, -0.15) is 0 Å². The molecule has 2 aromatic carbocycles. The molecule has 0 spiro atoms. The number of nitrogens with one attached hydrogen (secondary N) is 2. The minimum absolute atomic E-state index is 0.196. The number of benzene rings is 2. The molecule has 1 aromatic heterocycles. The predicted octanol–water partition coefficient (Wildman–Crippen LogP) is 3.22. The Balaban J connectivity index is 1.51. The lowest BCUT2D eigenvalue weighted by Gasteiger charge is -2.22. The molecule has 0 saturated carbocycles. The van der Waals surface area contributed by atoms with Crippen LogP contribution in [0.1, 0.15) is 37.3 Å². The Hall–Kier alpha value is -3.33. The lowest BCUT2D eigenvalue weighted by atomic mass is 9.90. The second-order valence-electron chi connectivity index (χ2n) is 7.66. The highest BCUT2D eigenvalue weighted by molar-refractivity contribution is 7.15. The lowest BCUT2D eigenvalue weighted by molar-refractivity contribution is -0.133. The van der Waals surface area contributed by atoms with Gasteiger partial charge in [0.1, 0.15) is 17.1 Å². The van der Waals surface area contributed by atoms with Gasteiger partial charge in [-0.15, -0.1) is 10.2 Å². The zero-order valence-corrected chi connectivity index (χ0v) is 17.6. The van der Waals surface area contributed by atoms with Crippen molar-refractivity contribution in [2.24, 2.45) is 0 Å². The summed E-state index contributed by atoms with van der Waals surface area (Å²) < 4.78 is 0. The summed E-state index contributed by atoms with van der Waals surface area (Å²) in [4.78, 5) is 38.9. The summed E-state index contributed by atoms with van der Waals surface area (Å²) in [7, 11) is 0. The van der Waals surface area contributed by atoms with Crippen LogP contribution in [0.25, 0.3) is 10.8 Å². The van der Waals surface area contributed by atoms with Gasteiger partial charge in [0.25, 0.3) is 5.91 Å². The maximum Gasteiger partial charge on any atom is 0.325 e. The van der Waals surface area contributed by atoms with Crippen molar-refractivity contribution in [3.8, 4) is 0 Å². The van der Waals surface area contributed by atoms with Gasteiger partial charge in [0.05, 0.1) is 0 Å². The van der Waals surface area contributed by atoms with E-state index in [0.29, 0.717) is 10.7 Å². The first-order chi connectivity index (χ1) is 14.3. The van der Waals surface area contributed by atoms with Crippen LogP contribution >= 0.6 is 11.3 Å². The number of fused-ring (bicyclic) bond motifs is 1. The Morgan fingerprint density at radius 3 is 2.60 bits per heavy atom. The molecule has 9 heteroatoms. The van der Waals surface area contributed by atoms with Crippen molar-refractivity contribution in [2.45, 2.75) is 32.2 Å². The molecule has 2 heterocycles. The molecule has 0 radical (unpaired) electrons.